The number of carboxylic acid groups (broad SMARTS) is 1. The number of carboxylic acids is 1. The maximum absolute atomic E-state index is 13.0. The lowest BCUT2D eigenvalue weighted by Crippen LogP contribution is -2.47. The predicted octanol–water partition coefficient (Wildman–Crippen LogP) is 4.93. The Hall–Kier alpha value is -2.52. The van der Waals surface area contributed by atoms with E-state index in [1.54, 1.807) is 41.4 Å². The fraction of sp³-hybridized carbons (Fsp3) is 0.348. The average molecular weight is 526 g/mol. The standard InChI is InChI=1S/C23H23Cl3N4O4/c24-14-4-7-20(18(26)10-14)30-21(16-6-5-15(11-17(16)25)34-13-22(31)32)12-19(27-30)23(33)28-29-8-2-1-3-9-29/h4-7,10-11,21H,1-3,8-9,12-13H2,(H,28,33)(H,31,32). The molecule has 0 saturated carbocycles. The van der Waals surface area contributed by atoms with Crippen molar-refractivity contribution >= 4 is 58.1 Å². The van der Waals surface area contributed by atoms with E-state index in [4.69, 9.17) is 44.6 Å². The highest BCUT2D eigenvalue weighted by molar-refractivity contribution is 6.40. The van der Waals surface area contributed by atoms with Gasteiger partial charge in [0.2, 0.25) is 0 Å². The quantitative estimate of drug-likeness (QED) is 0.532. The molecule has 180 valence electrons. The summed E-state index contributed by atoms with van der Waals surface area (Å²) in [6.07, 6.45) is 3.53. The van der Waals surface area contributed by atoms with E-state index in [2.05, 4.69) is 10.5 Å². The number of carbonyl (C=O) groups is 2. The minimum absolute atomic E-state index is 0.267. The molecule has 1 saturated heterocycles. The molecule has 2 aromatic carbocycles. The third-order valence-corrected chi connectivity index (χ3v) is 6.50. The van der Waals surface area contributed by atoms with Gasteiger partial charge in [-0.15, -0.1) is 0 Å². The Morgan fingerprint density at radius 3 is 2.50 bits per heavy atom. The maximum Gasteiger partial charge on any atom is 0.341 e. The van der Waals surface area contributed by atoms with Crippen LogP contribution in [0.25, 0.3) is 0 Å². The van der Waals surface area contributed by atoms with Gasteiger partial charge >= 0.3 is 5.97 Å². The molecule has 8 nitrogen and oxygen atoms in total. The molecule has 34 heavy (non-hydrogen) atoms. The molecule has 11 heteroatoms. The Labute approximate surface area is 212 Å². The van der Waals surface area contributed by atoms with Crippen molar-refractivity contribution < 1.29 is 19.4 Å². The summed E-state index contributed by atoms with van der Waals surface area (Å²) in [6.45, 7) is 1.13. The summed E-state index contributed by atoms with van der Waals surface area (Å²) in [5.74, 6) is -1.02. The summed E-state index contributed by atoms with van der Waals surface area (Å²) < 4.78 is 5.22. The van der Waals surface area contributed by atoms with Crippen molar-refractivity contribution in [1.82, 2.24) is 10.4 Å². The van der Waals surface area contributed by atoms with Gasteiger partial charge < -0.3 is 9.84 Å². The first-order valence-corrected chi connectivity index (χ1v) is 12.0. The number of hydrazone groups is 1. The predicted molar refractivity (Wildman–Crippen MR) is 132 cm³/mol. The van der Waals surface area contributed by atoms with Crippen LogP contribution in [0.1, 0.15) is 37.3 Å². The summed E-state index contributed by atoms with van der Waals surface area (Å²) in [4.78, 5) is 23.8. The molecule has 1 fully saturated rings. The maximum atomic E-state index is 13.0. The second-order valence-electron chi connectivity index (χ2n) is 8.06. The van der Waals surface area contributed by atoms with Crippen LogP contribution in [0.2, 0.25) is 15.1 Å². The number of nitrogens with zero attached hydrogens (tertiary/aromatic N) is 3. The zero-order chi connectivity index (χ0) is 24.2. The van der Waals surface area contributed by atoms with Crippen molar-refractivity contribution in [3.63, 3.8) is 0 Å². The Kier molecular flexibility index (Phi) is 7.83. The highest BCUT2D eigenvalue weighted by Gasteiger charge is 2.35. The van der Waals surface area contributed by atoms with Crippen LogP contribution in [0.4, 0.5) is 5.69 Å². The molecular weight excluding hydrogens is 503 g/mol. The molecule has 0 spiro atoms. The Morgan fingerprint density at radius 2 is 1.82 bits per heavy atom. The van der Waals surface area contributed by atoms with Gasteiger partial charge in [-0.3, -0.25) is 15.2 Å². The van der Waals surface area contributed by atoms with Crippen LogP contribution in [0.5, 0.6) is 5.75 Å². The number of rotatable bonds is 7. The third-order valence-electron chi connectivity index (χ3n) is 5.64. The molecule has 0 aliphatic carbocycles. The summed E-state index contributed by atoms with van der Waals surface area (Å²) in [5, 5.41) is 18.3. The highest BCUT2D eigenvalue weighted by atomic mass is 35.5. The van der Waals surface area contributed by atoms with Gasteiger partial charge in [0.05, 0.1) is 16.8 Å². The van der Waals surface area contributed by atoms with Crippen LogP contribution in [0.3, 0.4) is 0 Å². The number of hydrogen-bond acceptors (Lipinski definition) is 6. The van der Waals surface area contributed by atoms with Crippen LogP contribution in [-0.4, -0.2) is 47.4 Å². The Morgan fingerprint density at radius 1 is 1.06 bits per heavy atom. The first kappa shape index (κ1) is 24.6. The van der Waals surface area contributed by atoms with Gasteiger partial charge in [0.25, 0.3) is 5.91 Å². The molecule has 2 N–H and O–H groups in total. The summed E-state index contributed by atoms with van der Waals surface area (Å²) >= 11 is 19.1. The van der Waals surface area contributed by atoms with Crippen molar-refractivity contribution in [3.05, 3.63) is 57.0 Å². The number of aliphatic carboxylic acids is 1. The largest absolute Gasteiger partial charge is 0.482 e. The van der Waals surface area contributed by atoms with Gasteiger partial charge in [-0.1, -0.05) is 47.3 Å². The first-order valence-electron chi connectivity index (χ1n) is 10.8. The zero-order valence-electron chi connectivity index (χ0n) is 18.1. The molecule has 0 aromatic heterocycles. The van der Waals surface area contributed by atoms with E-state index >= 15 is 0 Å². The van der Waals surface area contributed by atoms with Crippen molar-refractivity contribution in [2.45, 2.75) is 31.7 Å². The molecule has 2 aliphatic heterocycles. The molecule has 4 rings (SSSR count). The fourth-order valence-corrected chi connectivity index (χ4v) is 4.80. The zero-order valence-corrected chi connectivity index (χ0v) is 20.4. The molecule has 2 aromatic rings. The van der Waals surface area contributed by atoms with E-state index in [1.165, 1.54) is 0 Å². The van der Waals surface area contributed by atoms with E-state index in [-0.39, 0.29) is 5.91 Å². The minimum atomic E-state index is -1.09. The number of carbonyl (C=O) groups excluding carboxylic acids is 1. The molecule has 1 atom stereocenters. The van der Waals surface area contributed by atoms with Crippen LogP contribution in [0, 0.1) is 0 Å². The van der Waals surface area contributed by atoms with Crippen molar-refractivity contribution in [2.24, 2.45) is 5.10 Å². The van der Waals surface area contributed by atoms with E-state index in [0.29, 0.717) is 44.2 Å². The van der Waals surface area contributed by atoms with E-state index in [0.717, 1.165) is 32.4 Å². The van der Waals surface area contributed by atoms with Crippen LogP contribution < -0.4 is 15.2 Å². The minimum Gasteiger partial charge on any atom is -0.482 e. The summed E-state index contributed by atoms with van der Waals surface area (Å²) in [7, 11) is 0. The van der Waals surface area contributed by atoms with Crippen LogP contribution >= 0.6 is 34.8 Å². The van der Waals surface area contributed by atoms with E-state index in [9.17, 15) is 9.59 Å². The Bertz CT molecular complexity index is 1120. The van der Waals surface area contributed by atoms with E-state index < -0.39 is 18.6 Å². The lowest BCUT2D eigenvalue weighted by atomic mass is 10.0. The van der Waals surface area contributed by atoms with Gasteiger partial charge in [0.15, 0.2) is 6.61 Å². The van der Waals surface area contributed by atoms with E-state index in [1.807, 2.05) is 5.01 Å². The van der Waals surface area contributed by atoms with Crippen molar-refractivity contribution in [3.8, 4) is 5.75 Å². The van der Waals surface area contributed by atoms with Crippen molar-refractivity contribution in [2.75, 3.05) is 24.7 Å². The summed E-state index contributed by atoms with van der Waals surface area (Å²) in [5.41, 5.74) is 4.58. The molecule has 0 bridgehead atoms. The second-order valence-corrected chi connectivity index (χ2v) is 9.31. The monoisotopic (exact) mass is 524 g/mol. The molecule has 0 radical (unpaired) electrons. The summed E-state index contributed by atoms with van der Waals surface area (Å²) in [6, 6.07) is 9.56. The Balaban J connectivity index is 1.62. The van der Waals surface area contributed by atoms with Gasteiger partial charge in [0.1, 0.15) is 11.5 Å². The lowest BCUT2D eigenvalue weighted by Gasteiger charge is -2.26. The number of anilines is 1. The average Bonchev–Trinajstić information content (AvgIpc) is 3.23. The SMILES string of the molecule is O=C(O)COc1ccc(C2CC(C(=O)NN3CCCCC3)=NN2c2ccc(Cl)cc2Cl)c(Cl)c1. The highest BCUT2D eigenvalue weighted by Crippen LogP contribution is 2.42. The first-order chi connectivity index (χ1) is 16.3. The third kappa shape index (κ3) is 5.75. The molecule has 1 unspecified atom stereocenters. The fourth-order valence-electron chi connectivity index (χ4n) is 4.01. The number of piperidine rings is 1. The van der Waals surface area contributed by atoms with Gasteiger partial charge in [-0.25, -0.2) is 9.80 Å². The molecule has 1 amide bonds. The number of amides is 1. The van der Waals surface area contributed by atoms with Crippen molar-refractivity contribution in [1.29, 1.82) is 0 Å². The number of nitrogens with one attached hydrogen (secondary N) is 1. The lowest BCUT2D eigenvalue weighted by molar-refractivity contribution is -0.139. The topological polar surface area (TPSA) is 94.5 Å². The second kappa shape index (κ2) is 10.8. The molecule has 2 heterocycles. The smallest absolute Gasteiger partial charge is 0.341 e. The number of ether oxygens (including phenoxy) is 1. The van der Waals surface area contributed by atoms with Crippen LogP contribution in [-0.2, 0) is 9.59 Å². The number of benzene rings is 2. The molecular formula is C23H23Cl3N4O4. The number of halogens is 3. The normalized spacial score (nSPS) is 18.5. The van der Waals surface area contributed by atoms with Gasteiger partial charge in [-0.05, 0) is 48.7 Å². The number of hydrogen-bond donors (Lipinski definition) is 2. The van der Waals surface area contributed by atoms with Crippen LogP contribution in [0.15, 0.2) is 41.5 Å². The van der Waals surface area contributed by atoms with Gasteiger partial charge in [-0.2, -0.15) is 5.10 Å². The number of hydrazine groups is 1. The van der Waals surface area contributed by atoms with Gasteiger partial charge in [0, 0.05) is 29.6 Å². The molecule has 2 aliphatic rings.